The first kappa shape index (κ1) is 11.5. The molecule has 1 rings (SSSR count). The molecule has 3 heteroatoms. The number of alkyl halides is 1. The van der Waals surface area contributed by atoms with Crippen molar-refractivity contribution in [3.63, 3.8) is 0 Å². The summed E-state index contributed by atoms with van der Waals surface area (Å²) in [5.41, 5.74) is 1.24. The first-order valence-electron chi connectivity index (χ1n) is 4.71. The van der Waals surface area contributed by atoms with Crippen LogP contribution in [-0.4, -0.2) is 26.1 Å². The van der Waals surface area contributed by atoms with E-state index in [4.69, 9.17) is 16.3 Å². The molecule has 0 aliphatic rings. The molecule has 14 heavy (non-hydrogen) atoms. The molecule has 1 N–H and O–H groups in total. The fourth-order valence-corrected chi connectivity index (χ4v) is 1.46. The van der Waals surface area contributed by atoms with Gasteiger partial charge < -0.3 is 10.1 Å². The average Bonchev–Trinajstić information content (AvgIpc) is 2.25. The molecule has 1 atom stereocenters. The van der Waals surface area contributed by atoms with Gasteiger partial charge in [0.15, 0.2) is 0 Å². The van der Waals surface area contributed by atoms with E-state index in [2.05, 4.69) is 17.4 Å². The van der Waals surface area contributed by atoms with E-state index in [1.54, 1.807) is 7.11 Å². The van der Waals surface area contributed by atoms with Crippen molar-refractivity contribution in [3.8, 4) is 0 Å². The summed E-state index contributed by atoms with van der Waals surface area (Å²) in [7, 11) is 1.71. The lowest BCUT2D eigenvalue weighted by atomic mass is 10.1. The molecule has 2 nitrogen and oxygen atoms in total. The Labute approximate surface area is 90.2 Å². The summed E-state index contributed by atoms with van der Waals surface area (Å²) >= 11 is 5.63. The van der Waals surface area contributed by atoms with Gasteiger partial charge in [0.25, 0.3) is 0 Å². The Morgan fingerprint density at radius 3 is 2.64 bits per heavy atom. The van der Waals surface area contributed by atoms with Crippen LogP contribution in [0.25, 0.3) is 0 Å². The minimum atomic E-state index is 0.236. The maximum absolute atomic E-state index is 5.63. The van der Waals surface area contributed by atoms with E-state index in [1.807, 2.05) is 18.2 Å². The summed E-state index contributed by atoms with van der Waals surface area (Å²) < 4.78 is 5.15. The van der Waals surface area contributed by atoms with Crippen molar-refractivity contribution >= 4 is 11.6 Å². The van der Waals surface area contributed by atoms with Gasteiger partial charge in [0.1, 0.15) is 0 Å². The Kier molecular flexibility index (Phi) is 5.60. The normalized spacial score (nSPS) is 12.7. The molecule has 0 aliphatic heterocycles. The molecule has 0 fully saturated rings. The Bertz CT molecular complexity index is 240. The molecule has 1 aromatic rings. The molecule has 0 saturated heterocycles. The number of benzene rings is 1. The van der Waals surface area contributed by atoms with Gasteiger partial charge in [-0.05, 0) is 5.56 Å². The van der Waals surface area contributed by atoms with E-state index in [9.17, 15) is 0 Å². The highest BCUT2D eigenvalue weighted by Gasteiger charge is 2.08. The van der Waals surface area contributed by atoms with E-state index in [0.717, 1.165) is 6.54 Å². The number of hydrogen-bond acceptors (Lipinski definition) is 2. The zero-order valence-electron chi connectivity index (χ0n) is 8.37. The Morgan fingerprint density at radius 2 is 2.07 bits per heavy atom. The molecular weight excluding hydrogens is 198 g/mol. The summed E-state index contributed by atoms with van der Waals surface area (Å²) in [6, 6.07) is 10.5. The lowest BCUT2D eigenvalue weighted by Crippen LogP contribution is -2.26. The summed E-state index contributed by atoms with van der Waals surface area (Å²) in [6.45, 7) is 1.46. The Morgan fingerprint density at radius 1 is 1.36 bits per heavy atom. The molecule has 0 spiro atoms. The first-order valence-corrected chi connectivity index (χ1v) is 5.25. The van der Waals surface area contributed by atoms with Gasteiger partial charge in [-0.15, -0.1) is 11.6 Å². The van der Waals surface area contributed by atoms with Crippen LogP contribution in [0.15, 0.2) is 30.3 Å². The van der Waals surface area contributed by atoms with Gasteiger partial charge in [0.2, 0.25) is 0 Å². The Balaban J connectivity index is 2.58. The van der Waals surface area contributed by atoms with Gasteiger partial charge >= 0.3 is 0 Å². The molecular formula is C11H16ClNO. The molecule has 0 bridgehead atoms. The highest BCUT2D eigenvalue weighted by molar-refractivity contribution is 6.18. The third-order valence-corrected chi connectivity index (χ3v) is 2.21. The number of halogens is 1. The first-order chi connectivity index (χ1) is 6.88. The lowest BCUT2D eigenvalue weighted by molar-refractivity contribution is 0.168. The van der Waals surface area contributed by atoms with Crippen LogP contribution in [0.4, 0.5) is 0 Å². The van der Waals surface area contributed by atoms with Gasteiger partial charge in [-0.2, -0.15) is 0 Å². The minimum absolute atomic E-state index is 0.236. The maximum atomic E-state index is 5.63. The summed E-state index contributed by atoms with van der Waals surface area (Å²) in [5.74, 6) is 0.618. The number of hydrogen-bond donors (Lipinski definition) is 1. The quantitative estimate of drug-likeness (QED) is 0.732. The van der Waals surface area contributed by atoms with Gasteiger partial charge in [-0.3, -0.25) is 0 Å². The van der Waals surface area contributed by atoms with Crippen LogP contribution in [0.5, 0.6) is 0 Å². The van der Waals surface area contributed by atoms with E-state index in [0.29, 0.717) is 12.5 Å². The van der Waals surface area contributed by atoms with Crippen molar-refractivity contribution in [2.45, 2.75) is 6.04 Å². The number of ether oxygens (including phenoxy) is 1. The second kappa shape index (κ2) is 6.82. The van der Waals surface area contributed by atoms with Crippen LogP contribution < -0.4 is 5.32 Å². The van der Waals surface area contributed by atoms with Gasteiger partial charge in [-0.25, -0.2) is 0 Å². The van der Waals surface area contributed by atoms with E-state index in [-0.39, 0.29) is 6.04 Å². The minimum Gasteiger partial charge on any atom is -0.383 e. The fraction of sp³-hybridized carbons (Fsp3) is 0.455. The molecule has 1 unspecified atom stereocenters. The van der Waals surface area contributed by atoms with Crippen molar-refractivity contribution in [3.05, 3.63) is 35.9 Å². The van der Waals surface area contributed by atoms with Crippen molar-refractivity contribution in [1.29, 1.82) is 0 Å². The zero-order valence-corrected chi connectivity index (χ0v) is 9.13. The van der Waals surface area contributed by atoms with Gasteiger partial charge in [0.05, 0.1) is 12.6 Å². The maximum Gasteiger partial charge on any atom is 0.0657 e. The highest BCUT2D eigenvalue weighted by Crippen LogP contribution is 2.12. The fourth-order valence-electron chi connectivity index (χ4n) is 1.35. The smallest absolute Gasteiger partial charge is 0.0657 e. The molecule has 0 amide bonds. The standard InChI is InChI=1S/C11H16ClNO/c1-14-9-11(13-8-7-12)10-5-3-2-4-6-10/h2-6,11,13H,7-9H2,1H3. The molecule has 0 aliphatic carbocycles. The van der Waals surface area contributed by atoms with Crippen molar-refractivity contribution in [2.24, 2.45) is 0 Å². The molecule has 0 saturated carbocycles. The predicted molar refractivity (Wildman–Crippen MR) is 59.8 cm³/mol. The van der Waals surface area contributed by atoms with Crippen LogP contribution in [0.3, 0.4) is 0 Å². The molecule has 1 aromatic carbocycles. The Hall–Kier alpha value is -0.570. The summed E-state index contributed by atoms with van der Waals surface area (Å²) in [6.07, 6.45) is 0. The summed E-state index contributed by atoms with van der Waals surface area (Å²) in [5, 5.41) is 3.33. The number of methoxy groups -OCH3 is 1. The molecule has 78 valence electrons. The second-order valence-corrected chi connectivity index (χ2v) is 3.44. The van der Waals surface area contributed by atoms with Crippen LogP contribution in [0, 0.1) is 0 Å². The third kappa shape index (κ3) is 3.66. The van der Waals surface area contributed by atoms with Crippen LogP contribution >= 0.6 is 11.6 Å². The average molecular weight is 214 g/mol. The zero-order chi connectivity index (χ0) is 10.2. The monoisotopic (exact) mass is 213 g/mol. The molecule has 0 aromatic heterocycles. The van der Waals surface area contributed by atoms with Crippen molar-refractivity contribution < 1.29 is 4.74 Å². The van der Waals surface area contributed by atoms with Gasteiger partial charge in [0, 0.05) is 19.5 Å². The predicted octanol–water partition coefficient (Wildman–Crippen LogP) is 2.20. The van der Waals surface area contributed by atoms with Crippen LogP contribution in [0.1, 0.15) is 11.6 Å². The van der Waals surface area contributed by atoms with E-state index < -0.39 is 0 Å². The number of rotatable bonds is 6. The molecule has 0 radical (unpaired) electrons. The van der Waals surface area contributed by atoms with E-state index in [1.165, 1.54) is 5.56 Å². The summed E-state index contributed by atoms with van der Waals surface area (Å²) in [4.78, 5) is 0. The largest absolute Gasteiger partial charge is 0.383 e. The van der Waals surface area contributed by atoms with Gasteiger partial charge in [-0.1, -0.05) is 30.3 Å². The number of nitrogens with one attached hydrogen (secondary N) is 1. The second-order valence-electron chi connectivity index (χ2n) is 3.06. The van der Waals surface area contributed by atoms with Crippen LogP contribution in [0.2, 0.25) is 0 Å². The highest BCUT2D eigenvalue weighted by atomic mass is 35.5. The van der Waals surface area contributed by atoms with Crippen LogP contribution in [-0.2, 0) is 4.74 Å². The SMILES string of the molecule is COCC(NCCCl)c1ccccc1. The van der Waals surface area contributed by atoms with Crippen molar-refractivity contribution in [1.82, 2.24) is 5.32 Å². The molecule has 0 heterocycles. The third-order valence-electron chi connectivity index (χ3n) is 2.02. The van der Waals surface area contributed by atoms with E-state index >= 15 is 0 Å². The van der Waals surface area contributed by atoms with Crippen molar-refractivity contribution in [2.75, 3.05) is 26.1 Å². The topological polar surface area (TPSA) is 21.3 Å². The lowest BCUT2D eigenvalue weighted by Gasteiger charge is -2.17.